The number of esters is 1. The Hall–Kier alpha value is -1.77. The molecule has 0 saturated carbocycles. The molecule has 1 aromatic rings. The molecule has 2 N–H and O–H groups in total. The van der Waals surface area contributed by atoms with Crippen LogP contribution in [-0.4, -0.2) is 12.6 Å². The van der Waals surface area contributed by atoms with E-state index in [2.05, 4.69) is 6.58 Å². The molecule has 0 aliphatic heterocycles. The zero-order valence-electron chi connectivity index (χ0n) is 8.82. The third-order valence-electron chi connectivity index (χ3n) is 1.95. The van der Waals surface area contributed by atoms with Crippen LogP contribution in [0.2, 0.25) is 0 Å². The van der Waals surface area contributed by atoms with E-state index in [-0.39, 0.29) is 5.97 Å². The second-order valence-corrected chi connectivity index (χ2v) is 3.41. The molecular formula is C12H15NO2. The number of carbonyl (C=O) groups excluding carboxylic acids is 1. The first-order valence-electron chi connectivity index (χ1n) is 4.76. The van der Waals surface area contributed by atoms with Crippen LogP contribution in [0.15, 0.2) is 36.4 Å². The molecule has 15 heavy (non-hydrogen) atoms. The fourth-order valence-electron chi connectivity index (χ4n) is 1.07. The van der Waals surface area contributed by atoms with Gasteiger partial charge in [-0.2, -0.15) is 0 Å². The van der Waals surface area contributed by atoms with Gasteiger partial charge in [0.15, 0.2) is 0 Å². The lowest BCUT2D eigenvalue weighted by molar-refractivity contribution is -0.138. The van der Waals surface area contributed by atoms with E-state index >= 15 is 0 Å². The van der Waals surface area contributed by atoms with Crippen molar-refractivity contribution in [3.8, 4) is 0 Å². The van der Waals surface area contributed by atoms with Gasteiger partial charge in [0.1, 0.15) is 0 Å². The molecule has 0 atom stereocenters. The summed E-state index contributed by atoms with van der Waals surface area (Å²) in [6.45, 7) is 5.50. The highest BCUT2D eigenvalue weighted by molar-refractivity contribution is 5.86. The van der Waals surface area contributed by atoms with E-state index in [4.69, 9.17) is 10.5 Å². The Morgan fingerprint density at radius 2 is 2.00 bits per heavy atom. The topological polar surface area (TPSA) is 52.3 Å². The molecule has 3 heteroatoms. The molecule has 0 radical (unpaired) electrons. The van der Waals surface area contributed by atoms with Gasteiger partial charge in [-0.1, -0.05) is 18.7 Å². The molecule has 0 unspecified atom stereocenters. The molecule has 3 nitrogen and oxygen atoms in total. The minimum atomic E-state index is -0.342. The molecular weight excluding hydrogens is 190 g/mol. The highest BCUT2D eigenvalue weighted by Gasteiger charge is 2.02. The molecule has 1 aromatic carbocycles. The van der Waals surface area contributed by atoms with E-state index in [1.54, 1.807) is 6.92 Å². The monoisotopic (exact) mass is 205 g/mol. The Bertz CT molecular complexity index is 354. The summed E-state index contributed by atoms with van der Waals surface area (Å²) in [5, 5.41) is 0. The molecule has 80 valence electrons. The fraction of sp³-hybridized carbons (Fsp3) is 0.250. The van der Waals surface area contributed by atoms with Gasteiger partial charge >= 0.3 is 5.97 Å². The number of benzene rings is 1. The summed E-state index contributed by atoms with van der Waals surface area (Å²) in [4.78, 5) is 11.0. The quantitative estimate of drug-likeness (QED) is 0.464. The van der Waals surface area contributed by atoms with Crippen LogP contribution in [0, 0.1) is 0 Å². The van der Waals surface area contributed by atoms with Gasteiger partial charge in [-0.05, 0) is 24.6 Å². The van der Waals surface area contributed by atoms with Gasteiger partial charge < -0.3 is 10.5 Å². The molecule has 0 aliphatic rings. The molecule has 0 fully saturated rings. The average molecular weight is 205 g/mol. The lowest BCUT2D eigenvalue weighted by atomic mass is 10.1. The van der Waals surface area contributed by atoms with Gasteiger partial charge in [-0.3, -0.25) is 0 Å². The third-order valence-corrected chi connectivity index (χ3v) is 1.95. The van der Waals surface area contributed by atoms with Crippen LogP contribution in [0.5, 0.6) is 0 Å². The minimum absolute atomic E-state index is 0.342. The first kappa shape index (κ1) is 11.3. The number of hydrogen-bond donors (Lipinski definition) is 1. The molecule has 0 amide bonds. The Kier molecular flexibility index (Phi) is 3.92. The molecule has 0 saturated heterocycles. The van der Waals surface area contributed by atoms with Crippen LogP contribution in [0.3, 0.4) is 0 Å². The van der Waals surface area contributed by atoms with Crippen molar-refractivity contribution < 1.29 is 9.53 Å². The minimum Gasteiger partial charge on any atom is -0.462 e. The molecule has 0 aliphatic carbocycles. The van der Waals surface area contributed by atoms with Crippen LogP contribution in [0.1, 0.15) is 12.5 Å². The summed E-state index contributed by atoms with van der Waals surface area (Å²) in [7, 11) is 0. The zero-order chi connectivity index (χ0) is 11.3. The summed E-state index contributed by atoms with van der Waals surface area (Å²) in [6, 6.07) is 7.50. The van der Waals surface area contributed by atoms with Crippen molar-refractivity contribution in [3.63, 3.8) is 0 Å². The smallest absolute Gasteiger partial charge is 0.333 e. The van der Waals surface area contributed by atoms with Crippen molar-refractivity contribution in [1.29, 1.82) is 0 Å². The first-order valence-corrected chi connectivity index (χ1v) is 4.76. The van der Waals surface area contributed by atoms with E-state index in [1.807, 2.05) is 24.3 Å². The highest BCUT2D eigenvalue weighted by atomic mass is 16.5. The SMILES string of the molecule is C=C(C)C(=O)OCCc1ccc(N)cc1. The maximum atomic E-state index is 11.0. The lowest BCUT2D eigenvalue weighted by Gasteiger charge is -2.04. The van der Waals surface area contributed by atoms with Gasteiger partial charge in [-0.25, -0.2) is 4.79 Å². The number of anilines is 1. The van der Waals surface area contributed by atoms with Crippen LogP contribution >= 0.6 is 0 Å². The molecule has 0 aromatic heterocycles. The number of nitrogen functional groups attached to an aromatic ring is 1. The zero-order valence-corrected chi connectivity index (χ0v) is 8.82. The van der Waals surface area contributed by atoms with Gasteiger partial charge in [0.2, 0.25) is 0 Å². The maximum absolute atomic E-state index is 11.0. The van der Waals surface area contributed by atoms with E-state index in [0.29, 0.717) is 18.6 Å². The second-order valence-electron chi connectivity index (χ2n) is 3.41. The van der Waals surface area contributed by atoms with Crippen molar-refractivity contribution in [1.82, 2.24) is 0 Å². The predicted octanol–water partition coefficient (Wildman–Crippen LogP) is 1.93. The number of nitrogens with two attached hydrogens (primary N) is 1. The van der Waals surface area contributed by atoms with E-state index in [0.717, 1.165) is 11.3 Å². The van der Waals surface area contributed by atoms with Crippen LogP contribution < -0.4 is 5.73 Å². The maximum Gasteiger partial charge on any atom is 0.333 e. The number of carbonyl (C=O) groups is 1. The van der Waals surface area contributed by atoms with Gasteiger partial charge in [0.05, 0.1) is 6.61 Å². The Morgan fingerprint density at radius 1 is 1.40 bits per heavy atom. The molecule has 0 bridgehead atoms. The van der Waals surface area contributed by atoms with Crippen molar-refractivity contribution in [3.05, 3.63) is 42.0 Å². The van der Waals surface area contributed by atoms with Crippen molar-refractivity contribution in [2.45, 2.75) is 13.3 Å². The summed E-state index contributed by atoms with van der Waals surface area (Å²) < 4.78 is 4.97. The van der Waals surface area contributed by atoms with E-state index in [1.165, 1.54) is 0 Å². The Morgan fingerprint density at radius 3 is 2.53 bits per heavy atom. The Balaban J connectivity index is 2.35. The number of rotatable bonds is 4. The van der Waals surface area contributed by atoms with E-state index < -0.39 is 0 Å². The predicted molar refractivity (Wildman–Crippen MR) is 60.3 cm³/mol. The molecule has 1 rings (SSSR count). The van der Waals surface area contributed by atoms with Gasteiger partial charge in [-0.15, -0.1) is 0 Å². The summed E-state index contributed by atoms with van der Waals surface area (Å²) in [5.74, 6) is -0.342. The van der Waals surface area contributed by atoms with Crippen LogP contribution in [-0.2, 0) is 16.0 Å². The van der Waals surface area contributed by atoms with Crippen molar-refractivity contribution in [2.75, 3.05) is 12.3 Å². The largest absolute Gasteiger partial charge is 0.462 e. The summed E-state index contributed by atoms with van der Waals surface area (Å²) >= 11 is 0. The van der Waals surface area contributed by atoms with Crippen molar-refractivity contribution in [2.24, 2.45) is 0 Å². The lowest BCUT2D eigenvalue weighted by Crippen LogP contribution is -2.07. The molecule has 0 heterocycles. The third kappa shape index (κ3) is 3.85. The van der Waals surface area contributed by atoms with Crippen LogP contribution in [0.25, 0.3) is 0 Å². The number of ether oxygens (including phenoxy) is 1. The van der Waals surface area contributed by atoms with Crippen LogP contribution in [0.4, 0.5) is 5.69 Å². The molecule has 0 spiro atoms. The first-order chi connectivity index (χ1) is 7.09. The summed E-state index contributed by atoms with van der Waals surface area (Å²) in [6.07, 6.45) is 0.694. The van der Waals surface area contributed by atoms with E-state index in [9.17, 15) is 4.79 Å². The Labute approximate surface area is 89.5 Å². The number of hydrogen-bond acceptors (Lipinski definition) is 3. The normalized spacial score (nSPS) is 9.67. The fourth-order valence-corrected chi connectivity index (χ4v) is 1.07. The van der Waals surface area contributed by atoms with Gasteiger partial charge in [0.25, 0.3) is 0 Å². The standard InChI is InChI=1S/C12H15NO2/c1-9(2)12(14)15-8-7-10-3-5-11(13)6-4-10/h3-6H,1,7-8,13H2,2H3. The average Bonchev–Trinajstić information content (AvgIpc) is 2.20. The second kappa shape index (κ2) is 5.20. The summed E-state index contributed by atoms with van der Waals surface area (Å²) in [5.41, 5.74) is 7.80. The highest BCUT2D eigenvalue weighted by Crippen LogP contribution is 2.06. The van der Waals surface area contributed by atoms with Gasteiger partial charge in [0, 0.05) is 17.7 Å². The van der Waals surface area contributed by atoms with Crippen molar-refractivity contribution >= 4 is 11.7 Å².